The van der Waals surface area contributed by atoms with Gasteiger partial charge in [-0.1, -0.05) is 6.07 Å². The van der Waals surface area contributed by atoms with Crippen molar-refractivity contribution >= 4 is 11.6 Å². The van der Waals surface area contributed by atoms with Crippen LogP contribution in [0.4, 0.5) is 10.1 Å². The van der Waals surface area contributed by atoms with Gasteiger partial charge in [0, 0.05) is 30.4 Å². The zero-order valence-electron chi connectivity index (χ0n) is 12.0. The molecular formula is C15H22FN3O. The van der Waals surface area contributed by atoms with Crippen molar-refractivity contribution in [2.45, 2.75) is 32.4 Å². The minimum Gasteiger partial charge on any atom is -0.369 e. The van der Waals surface area contributed by atoms with E-state index in [0.29, 0.717) is 18.7 Å². The average Bonchev–Trinajstić information content (AvgIpc) is 2.42. The van der Waals surface area contributed by atoms with Gasteiger partial charge in [0.05, 0.1) is 5.92 Å². The highest BCUT2D eigenvalue weighted by Gasteiger charge is 2.30. The Labute approximate surface area is 119 Å². The lowest BCUT2D eigenvalue weighted by atomic mass is 9.91. The largest absolute Gasteiger partial charge is 0.369 e. The van der Waals surface area contributed by atoms with E-state index in [9.17, 15) is 9.18 Å². The summed E-state index contributed by atoms with van der Waals surface area (Å²) in [6, 6.07) is 5.37. The molecule has 110 valence electrons. The second-order valence-electron chi connectivity index (χ2n) is 5.45. The maximum Gasteiger partial charge on any atom is 0.222 e. The number of nitrogens with one attached hydrogen (secondary N) is 1. The Bertz CT molecular complexity index is 492. The second-order valence-corrected chi connectivity index (χ2v) is 5.45. The number of benzene rings is 1. The van der Waals surface area contributed by atoms with E-state index in [0.717, 1.165) is 18.5 Å². The molecular weight excluding hydrogens is 257 g/mol. The third kappa shape index (κ3) is 2.93. The SMILES string of the molecule is CNCc1c(F)cccc1N1CC(C(N)=O)CCC1C. The first-order chi connectivity index (χ1) is 9.54. The maximum atomic E-state index is 14.0. The number of rotatable bonds is 4. The number of piperidine rings is 1. The van der Waals surface area contributed by atoms with Crippen LogP contribution in [0.1, 0.15) is 25.3 Å². The van der Waals surface area contributed by atoms with Crippen LogP contribution in [0.15, 0.2) is 18.2 Å². The summed E-state index contributed by atoms with van der Waals surface area (Å²) in [4.78, 5) is 13.5. The van der Waals surface area contributed by atoms with Crippen LogP contribution in [0.25, 0.3) is 0 Å². The van der Waals surface area contributed by atoms with Crippen LogP contribution >= 0.6 is 0 Å². The monoisotopic (exact) mass is 279 g/mol. The molecule has 0 radical (unpaired) electrons. The van der Waals surface area contributed by atoms with Gasteiger partial charge in [0.2, 0.25) is 5.91 Å². The highest BCUT2D eigenvalue weighted by Crippen LogP contribution is 2.31. The lowest BCUT2D eigenvalue weighted by Crippen LogP contribution is -2.46. The van der Waals surface area contributed by atoms with Crippen LogP contribution < -0.4 is 16.0 Å². The van der Waals surface area contributed by atoms with Crippen molar-refractivity contribution in [3.63, 3.8) is 0 Å². The van der Waals surface area contributed by atoms with Crippen LogP contribution in [0.5, 0.6) is 0 Å². The zero-order chi connectivity index (χ0) is 14.7. The predicted octanol–water partition coefficient (Wildman–Crippen LogP) is 1.64. The van der Waals surface area contributed by atoms with E-state index in [1.54, 1.807) is 13.1 Å². The third-order valence-electron chi connectivity index (χ3n) is 4.04. The van der Waals surface area contributed by atoms with Crippen LogP contribution in [0.2, 0.25) is 0 Å². The van der Waals surface area contributed by atoms with Gasteiger partial charge in [0.1, 0.15) is 5.82 Å². The number of carbonyl (C=O) groups excluding carboxylic acids is 1. The molecule has 1 heterocycles. The number of hydrogen-bond acceptors (Lipinski definition) is 3. The number of nitrogens with zero attached hydrogens (tertiary/aromatic N) is 1. The minimum absolute atomic E-state index is 0.156. The highest BCUT2D eigenvalue weighted by molar-refractivity contribution is 5.77. The lowest BCUT2D eigenvalue weighted by molar-refractivity contribution is -0.122. The highest BCUT2D eigenvalue weighted by atomic mass is 19.1. The molecule has 1 aliphatic heterocycles. The molecule has 0 bridgehead atoms. The Morgan fingerprint density at radius 2 is 2.25 bits per heavy atom. The number of amides is 1. The van der Waals surface area contributed by atoms with Gasteiger partial charge in [-0.25, -0.2) is 4.39 Å². The van der Waals surface area contributed by atoms with E-state index >= 15 is 0 Å². The number of primary amides is 1. The summed E-state index contributed by atoms with van der Waals surface area (Å²) in [6.45, 7) is 3.13. The van der Waals surface area contributed by atoms with Crippen molar-refractivity contribution in [3.8, 4) is 0 Å². The van der Waals surface area contributed by atoms with Crippen LogP contribution in [0.3, 0.4) is 0 Å². The molecule has 1 aliphatic rings. The van der Waals surface area contributed by atoms with E-state index in [1.165, 1.54) is 6.07 Å². The predicted molar refractivity (Wildman–Crippen MR) is 77.9 cm³/mol. The Hall–Kier alpha value is -1.62. The minimum atomic E-state index is -0.270. The Balaban J connectivity index is 2.33. The van der Waals surface area contributed by atoms with Crippen molar-refractivity contribution in [2.24, 2.45) is 11.7 Å². The van der Waals surface area contributed by atoms with Gasteiger partial charge < -0.3 is 16.0 Å². The molecule has 0 saturated carbocycles. The molecule has 20 heavy (non-hydrogen) atoms. The van der Waals surface area contributed by atoms with E-state index in [1.807, 2.05) is 6.07 Å². The lowest BCUT2D eigenvalue weighted by Gasteiger charge is -2.39. The van der Waals surface area contributed by atoms with Crippen molar-refractivity contribution < 1.29 is 9.18 Å². The molecule has 2 rings (SSSR count). The summed E-state index contributed by atoms with van der Waals surface area (Å²) in [6.07, 6.45) is 1.70. The van der Waals surface area contributed by atoms with Crippen molar-refractivity contribution in [2.75, 3.05) is 18.5 Å². The molecule has 0 aromatic heterocycles. The summed E-state index contributed by atoms with van der Waals surface area (Å²) in [5, 5.41) is 2.99. The molecule has 2 unspecified atom stereocenters. The molecule has 3 N–H and O–H groups in total. The topological polar surface area (TPSA) is 58.4 Å². The number of nitrogens with two attached hydrogens (primary N) is 1. The molecule has 2 atom stereocenters. The van der Waals surface area contributed by atoms with E-state index in [-0.39, 0.29) is 23.7 Å². The zero-order valence-corrected chi connectivity index (χ0v) is 12.0. The number of carbonyl (C=O) groups is 1. The van der Waals surface area contributed by atoms with Gasteiger partial charge in [0.15, 0.2) is 0 Å². The molecule has 1 fully saturated rings. The van der Waals surface area contributed by atoms with Gasteiger partial charge in [-0.05, 0) is 38.9 Å². The fourth-order valence-electron chi connectivity index (χ4n) is 2.84. The molecule has 1 aromatic rings. The second kappa shape index (κ2) is 6.22. The Kier molecular flexibility index (Phi) is 4.60. The van der Waals surface area contributed by atoms with E-state index in [2.05, 4.69) is 17.1 Å². The summed E-state index contributed by atoms with van der Waals surface area (Å²) in [5.74, 6) is -0.643. The Morgan fingerprint density at radius 1 is 1.50 bits per heavy atom. The summed E-state index contributed by atoms with van der Waals surface area (Å²) in [7, 11) is 1.79. The first-order valence-electron chi connectivity index (χ1n) is 7.02. The van der Waals surface area contributed by atoms with Crippen molar-refractivity contribution in [1.82, 2.24) is 5.32 Å². The summed E-state index contributed by atoms with van der Waals surface area (Å²) < 4.78 is 14.0. The third-order valence-corrected chi connectivity index (χ3v) is 4.04. The smallest absolute Gasteiger partial charge is 0.222 e. The van der Waals surface area contributed by atoms with Gasteiger partial charge in [-0.3, -0.25) is 4.79 Å². The standard InChI is InChI=1S/C15H22FN3O/c1-10-6-7-11(15(17)20)9-19(10)14-5-3-4-13(16)12(14)8-18-2/h3-5,10-11,18H,6-9H2,1-2H3,(H2,17,20). The van der Waals surface area contributed by atoms with Crippen LogP contribution in [-0.2, 0) is 11.3 Å². The van der Waals surface area contributed by atoms with Crippen LogP contribution in [0, 0.1) is 11.7 Å². The molecule has 1 aromatic carbocycles. The first kappa shape index (κ1) is 14.8. The fraction of sp³-hybridized carbons (Fsp3) is 0.533. The van der Waals surface area contributed by atoms with Crippen LogP contribution in [-0.4, -0.2) is 25.5 Å². The molecule has 0 aliphatic carbocycles. The quantitative estimate of drug-likeness (QED) is 0.881. The van der Waals surface area contributed by atoms with Gasteiger partial charge >= 0.3 is 0 Å². The fourth-order valence-corrected chi connectivity index (χ4v) is 2.84. The molecule has 1 amide bonds. The maximum absolute atomic E-state index is 14.0. The van der Waals surface area contributed by atoms with Gasteiger partial charge in [-0.15, -0.1) is 0 Å². The van der Waals surface area contributed by atoms with Gasteiger partial charge in [-0.2, -0.15) is 0 Å². The summed E-state index contributed by atoms with van der Waals surface area (Å²) >= 11 is 0. The molecule has 0 spiro atoms. The van der Waals surface area contributed by atoms with Crippen molar-refractivity contribution in [1.29, 1.82) is 0 Å². The average molecular weight is 279 g/mol. The Morgan fingerprint density at radius 3 is 2.90 bits per heavy atom. The number of hydrogen-bond donors (Lipinski definition) is 2. The molecule has 5 heteroatoms. The molecule has 4 nitrogen and oxygen atoms in total. The molecule has 1 saturated heterocycles. The van der Waals surface area contributed by atoms with E-state index in [4.69, 9.17) is 5.73 Å². The van der Waals surface area contributed by atoms with Gasteiger partial charge in [0.25, 0.3) is 0 Å². The summed E-state index contributed by atoms with van der Waals surface area (Å²) in [5.41, 5.74) is 6.93. The number of anilines is 1. The van der Waals surface area contributed by atoms with Crippen molar-refractivity contribution in [3.05, 3.63) is 29.6 Å². The van der Waals surface area contributed by atoms with E-state index < -0.39 is 0 Å². The first-order valence-corrected chi connectivity index (χ1v) is 7.02. The normalized spacial score (nSPS) is 22.9. The number of halogens is 1.